The number of benzene rings is 1. The third kappa shape index (κ3) is 2.59. The van der Waals surface area contributed by atoms with Gasteiger partial charge in [0.15, 0.2) is 0 Å². The van der Waals surface area contributed by atoms with Crippen LogP contribution < -0.4 is 5.73 Å². The lowest BCUT2D eigenvalue weighted by Gasteiger charge is -2.27. The number of hydrogen-bond donors (Lipinski definition) is 1. The number of carbonyl (C=O) groups is 1. The summed E-state index contributed by atoms with van der Waals surface area (Å²) in [5.74, 6) is 0.918. The Kier molecular flexibility index (Phi) is 4.06. The van der Waals surface area contributed by atoms with E-state index in [0.29, 0.717) is 18.4 Å². The van der Waals surface area contributed by atoms with E-state index >= 15 is 0 Å². The van der Waals surface area contributed by atoms with Gasteiger partial charge in [-0.25, -0.2) is 0 Å². The Morgan fingerprint density at radius 3 is 2.80 bits per heavy atom. The van der Waals surface area contributed by atoms with Crippen molar-refractivity contribution in [1.29, 1.82) is 0 Å². The van der Waals surface area contributed by atoms with E-state index in [1.807, 2.05) is 0 Å². The summed E-state index contributed by atoms with van der Waals surface area (Å²) in [6.07, 6.45) is 5.46. The van der Waals surface area contributed by atoms with Crippen molar-refractivity contribution >= 4 is 5.91 Å². The van der Waals surface area contributed by atoms with Crippen molar-refractivity contribution in [2.45, 2.75) is 38.6 Å². The maximum absolute atomic E-state index is 12.8. The van der Waals surface area contributed by atoms with E-state index in [2.05, 4.69) is 29.2 Å². The van der Waals surface area contributed by atoms with Crippen molar-refractivity contribution in [3.8, 4) is 0 Å². The third-order valence-electron chi connectivity index (χ3n) is 4.94. The second-order valence-electron chi connectivity index (χ2n) is 6.17. The number of carbonyl (C=O) groups excluding carboxylic acids is 1. The fourth-order valence-corrected chi connectivity index (χ4v) is 3.77. The number of nitrogens with two attached hydrogens (primary N) is 1. The predicted octanol–water partition coefficient (Wildman–Crippen LogP) is 2.34. The summed E-state index contributed by atoms with van der Waals surface area (Å²) in [4.78, 5) is 14.9. The molecule has 2 aliphatic rings. The van der Waals surface area contributed by atoms with Gasteiger partial charge in [-0.15, -0.1) is 0 Å². The molecule has 1 aliphatic heterocycles. The average Bonchev–Trinajstić information content (AvgIpc) is 2.85. The summed E-state index contributed by atoms with van der Waals surface area (Å²) in [6, 6.07) is 8.53. The van der Waals surface area contributed by atoms with E-state index < -0.39 is 0 Å². The normalized spacial score (nSPS) is 26.1. The van der Waals surface area contributed by atoms with Gasteiger partial charge < -0.3 is 10.6 Å². The quantitative estimate of drug-likeness (QED) is 0.898. The molecule has 0 aromatic heterocycles. The van der Waals surface area contributed by atoms with Gasteiger partial charge in [0.25, 0.3) is 0 Å². The molecule has 0 spiro atoms. The minimum Gasteiger partial charge on any atom is -0.338 e. The van der Waals surface area contributed by atoms with E-state index in [1.165, 1.54) is 11.1 Å². The van der Waals surface area contributed by atoms with Crippen LogP contribution in [0.5, 0.6) is 0 Å². The van der Waals surface area contributed by atoms with E-state index in [0.717, 1.165) is 45.2 Å². The molecule has 3 nitrogen and oxygen atoms in total. The Morgan fingerprint density at radius 1 is 1.20 bits per heavy atom. The lowest BCUT2D eigenvalue weighted by Crippen LogP contribution is -2.38. The van der Waals surface area contributed by atoms with Gasteiger partial charge in [-0.05, 0) is 49.3 Å². The summed E-state index contributed by atoms with van der Waals surface area (Å²) in [6.45, 7) is 2.32. The molecular formula is C17H24N2O. The zero-order valence-electron chi connectivity index (χ0n) is 12.1. The summed E-state index contributed by atoms with van der Waals surface area (Å²) < 4.78 is 0. The van der Waals surface area contributed by atoms with Crippen molar-refractivity contribution in [3.63, 3.8) is 0 Å². The molecule has 2 atom stereocenters. The number of aryl methyl sites for hydroxylation is 1. The maximum Gasteiger partial charge on any atom is 0.226 e. The van der Waals surface area contributed by atoms with Gasteiger partial charge in [0, 0.05) is 19.0 Å². The molecule has 1 fully saturated rings. The van der Waals surface area contributed by atoms with Crippen molar-refractivity contribution in [2.75, 3.05) is 13.1 Å². The second-order valence-corrected chi connectivity index (χ2v) is 6.17. The highest BCUT2D eigenvalue weighted by Gasteiger charge is 2.35. The Hall–Kier alpha value is -1.35. The molecule has 20 heavy (non-hydrogen) atoms. The topological polar surface area (TPSA) is 46.3 Å². The van der Waals surface area contributed by atoms with Crippen LogP contribution in [0.4, 0.5) is 0 Å². The van der Waals surface area contributed by atoms with Gasteiger partial charge in [-0.2, -0.15) is 0 Å². The fraction of sp³-hybridized carbons (Fsp3) is 0.588. The van der Waals surface area contributed by atoms with Crippen molar-refractivity contribution in [1.82, 2.24) is 4.90 Å². The first-order valence-electron chi connectivity index (χ1n) is 7.85. The molecule has 3 heteroatoms. The number of amides is 1. The van der Waals surface area contributed by atoms with Gasteiger partial charge in [-0.1, -0.05) is 30.7 Å². The summed E-state index contributed by atoms with van der Waals surface area (Å²) >= 11 is 0. The Morgan fingerprint density at radius 2 is 2.00 bits per heavy atom. The molecule has 0 saturated heterocycles. The van der Waals surface area contributed by atoms with Gasteiger partial charge in [0.1, 0.15) is 0 Å². The molecule has 0 radical (unpaired) electrons. The van der Waals surface area contributed by atoms with Crippen LogP contribution in [0.1, 0.15) is 36.8 Å². The zero-order chi connectivity index (χ0) is 13.9. The zero-order valence-corrected chi connectivity index (χ0v) is 12.1. The van der Waals surface area contributed by atoms with E-state index in [1.54, 1.807) is 0 Å². The minimum absolute atomic E-state index is 0.172. The van der Waals surface area contributed by atoms with Gasteiger partial charge >= 0.3 is 0 Å². The molecular weight excluding hydrogens is 248 g/mol. The van der Waals surface area contributed by atoms with Crippen molar-refractivity contribution in [3.05, 3.63) is 35.4 Å². The van der Waals surface area contributed by atoms with E-state index in [9.17, 15) is 4.79 Å². The molecule has 1 aromatic rings. The average molecular weight is 272 g/mol. The highest BCUT2D eigenvalue weighted by Crippen LogP contribution is 2.33. The van der Waals surface area contributed by atoms with Crippen molar-refractivity contribution < 1.29 is 4.79 Å². The lowest BCUT2D eigenvalue weighted by atomic mass is 9.94. The fourth-order valence-electron chi connectivity index (χ4n) is 3.77. The SMILES string of the molecule is NCC1CCCC1C(=O)N1CCCc2ccccc2C1. The van der Waals surface area contributed by atoms with Crippen LogP contribution in [-0.4, -0.2) is 23.9 Å². The van der Waals surface area contributed by atoms with Crippen LogP contribution >= 0.6 is 0 Å². The molecule has 1 saturated carbocycles. The van der Waals surface area contributed by atoms with Gasteiger partial charge in [-0.3, -0.25) is 4.79 Å². The first-order valence-corrected chi connectivity index (χ1v) is 7.85. The summed E-state index contributed by atoms with van der Waals surface area (Å²) in [7, 11) is 0. The largest absolute Gasteiger partial charge is 0.338 e. The molecule has 0 bridgehead atoms. The number of nitrogens with zero attached hydrogens (tertiary/aromatic N) is 1. The first kappa shape index (κ1) is 13.6. The summed E-state index contributed by atoms with van der Waals surface area (Å²) in [5.41, 5.74) is 8.56. The third-order valence-corrected chi connectivity index (χ3v) is 4.94. The van der Waals surface area contributed by atoms with Crippen LogP contribution in [0, 0.1) is 11.8 Å². The molecule has 108 valence electrons. The molecule has 1 aromatic carbocycles. The molecule has 1 heterocycles. The molecule has 3 rings (SSSR count). The summed E-state index contributed by atoms with van der Waals surface area (Å²) in [5, 5.41) is 0. The number of rotatable bonds is 2. The Balaban J connectivity index is 1.76. The minimum atomic E-state index is 0.172. The van der Waals surface area contributed by atoms with Crippen LogP contribution in [-0.2, 0) is 17.8 Å². The highest BCUT2D eigenvalue weighted by atomic mass is 16.2. The van der Waals surface area contributed by atoms with Crippen LogP contribution in [0.3, 0.4) is 0 Å². The van der Waals surface area contributed by atoms with E-state index in [4.69, 9.17) is 5.73 Å². The second kappa shape index (κ2) is 5.96. The Bertz CT molecular complexity index is 486. The number of fused-ring (bicyclic) bond motifs is 1. The van der Waals surface area contributed by atoms with Gasteiger partial charge in [0.2, 0.25) is 5.91 Å². The van der Waals surface area contributed by atoms with Crippen LogP contribution in [0.25, 0.3) is 0 Å². The first-order chi connectivity index (χ1) is 9.79. The van der Waals surface area contributed by atoms with Crippen LogP contribution in [0.15, 0.2) is 24.3 Å². The molecule has 2 unspecified atom stereocenters. The van der Waals surface area contributed by atoms with Crippen molar-refractivity contribution in [2.24, 2.45) is 17.6 Å². The lowest BCUT2D eigenvalue weighted by molar-refractivity contribution is -0.137. The van der Waals surface area contributed by atoms with E-state index in [-0.39, 0.29) is 5.92 Å². The smallest absolute Gasteiger partial charge is 0.226 e. The standard InChI is InChI=1S/C17H24N2O/c18-11-14-7-3-9-16(14)17(20)19-10-4-8-13-5-1-2-6-15(13)12-19/h1-2,5-6,14,16H,3-4,7-12,18H2. The molecule has 1 aliphatic carbocycles. The molecule has 1 amide bonds. The highest BCUT2D eigenvalue weighted by molar-refractivity contribution is 5.79. The molecule has 2 N–H and O–H groups in total. The van der Waals surface area contributed by atoms with Crippen LogP contribution in [0.2, 0.25) is 0 Å². The predicted molar refractivity (Wildman–Crippen MR) is 80.1 cm³/mol. The Labute approximate surface area is 121 Å². The monoisotopic (exact) mass is 272 g/mol. The number of hydrogen-bond acceptors (Lipinski definition) is 2. The maximum atomic E-state index is 12.8. The van der Waals surface area contributed by atoms with Gasteiger partial charge in [0.05, 0.1) is 0 Å².